The molecule has 4 atom stereocenters. The summed E-state index contributed by atoms with van der Waals surface area (Å²) in [5.74, 6) is -2.65. The van der Waals surface area contributed by atoms with Crippen LogP contribution in [-0.4, -0.2) is 41.7 Å². The van der Waals surface area contributed by atoms with Crippen molar-refractivity contribution < 1.29 is 23.9 Å². The van der Waals surface area contributed by atoms with Crippen molar-refractivity contribution in [3.63, 3.8) is 0 Å². The predicted octanol–water partition coefficient (Wildman–Crippen LogP) is 0.744. The van der Waals surface area contributed by atoms with Crippen LogP contribution in [0.4, 0.5) is 5.69 Å². The molecule has 0 saturated carbocycles. The SMILES string of the molecule is CC(=O)Oc1ccc(N2C(=O)[C@@H]3[C@H](C2=O)[C@@H]2C=C[C@@H]3N(C)C2=O)cc1. The van der Waals surface area contributed by atoms with Crippen LogP contribution in [0.15, 0.2) is 36.4 Å². The van der Waals surface area contributed by atoms with Crippen LogP contribution >= 0.6 is 0 Å². The van der Waals surface area contributed by atoms with Crippen molar-refractivity contribution in [2.24, 2.45) is 17.8 Å². The summed E-state index contributed by atoms with van der Waals surface area (Å²) in [4.78, 5) is 51.8. The lowest BCUT2D eigenvalue weighted by atomic mass is 9.70. The second kappa shape index (κ2) is 5.27. The summed E-state index contributed by atoms with van der Waals surface area (Å²) in [6, 6.07) is 5.80. The van der Waals surface area contributed by atoms with Gasteiger partial charge in [-0.3, -0.25) is 19.2 Å². The Morgan fingerprint density at radius 3 is 2.24 bits per heavy atom. The van der Waals surface area contributed by atoms with Crippen molar-refractivity contribution in [2.45, 2.75) is 13.0 Å². The van der Waals surface area contributed by atoms with Crippen LogP contribution in [0.1, 0.15) is 6.92 Å². The number of benzene rings is 1. The third kappa shape index (κ3) is 2.12. The molecular weight excluding hydrogens is 324 g/mol. The van der Waals surface area contributed by atoms with Crippen molar-refractivity contribution in [1.29, 1.82) is 0 Å². The molecule has 2 saturated heterocycles. The number of likely N-dealkylation sites (N-methyl/N-ethyl adjacent to an activating group) is 1. The van der Waals surface area contributed by atoms with Gasteiger partial charge in [-0.15, -0.1) is 0 Å². The molecule has 0 radical (unpaired) electrons. The minimum atomic E-state index is -0.639. The van der Waals surface area contributed by atoms with Crippen LogP contribution in [0.25, 0.3) is 0 Å². The van der Waals surface area contributed by atoms with Crippen molar-refractivity contribution in [3.05, 3.63) is 36.4 Å². The number of fused-ring (bicyclic) bond motifs is 1. The number of hydrogen-bond acceptors (Lipinski definition) is 5. The van der Waals surface area contributed by atoms with Crippen LogP contribution in [0, 0.1) is 17.8 Å². The van der Waals surface area contributed by atoms with Crippen LogP contribution in [0.5, 0.6) is 5.75 Å². The van der Waals surface area contributed by atoms with Gasteiger partial charge >= 0.3 is 5.97 Å². The van der Waals surface area contributed by atoms with Crippen molar-refractivity contribution in [1.82, 2.24) is 4.90 Å². The summed E-state index contributed by atoms with van der Waals surface area (Å²) in [6.45, 7) is 1.29. The van der Waals surface area contributed by atoms with Crippen molar-refractivity contribution in [2.75, 3.05) is 11.9 Å². The Bertz CT molecular complexity index is 828. The minimum Gasteiger partial charge on any atom is -0.427 e. The summed E-state index contributed by atoms with van der Waals surface area (Å²) in [5.41, 5.74) is 0.412. The monoisotopic (exact) mass is 340 g/mol. The molecule has 128 valence electrons. The van der Waals surface area contributed by atoms with Gasteiger partial charge in [0.25, 0.3) is 0 Å². The number of anilines is 1. The molecule has 3 heterocycles. The molecule has 7 heteroatoms. The zero-order valence-corrected chi connectivity index (χ0v) is 13.7. The normalized spacial score (nSPS) is 30.1. The standard InChI is InChI=1S/C18H16N2O5/c1-9(21)25-11-5-3-10(4-6-11)20-17(23)14-12-7-8-13(15(14)18(20)24)19(2)16(12)22/h3-8,12-15H,1-2H3/t12-,13-,14+,15-/m0/s1. The first-order valence-electron chi connectivity index (χ1n) is 8.01. The van der Waals surface area contributed by atoms with Gasteiger partial charge in [0.2, 0.25) is 17.7 Å². The number of ether oxygens (including phenoxy) is 1. The summed E-state index contributed by atoms with van der Waals surface area (Å²) in [7, 11) is 1.66. The molecular formula is C18H16N2O5. The number of piperidine rings is 1. The lowest BCUT2D eigenvalue weighted by Gasteiger charge is -2.44. The van der Waals surface area contributed by atoms with Gasteiger partial charge in [-0.25, -0.2) is 4.90 Å². The summed E-state index contributed by atoms with van der Waals surface area (Å²) >= 11 is 0. The number of amides is 3. The van der Waals surface area contributed by atoms with E-state index in [-0.39, 0.29) is 23.8 Å². The Hall–Kier alpha value is -2.96. The van der Waals surface area contributed by atoms with E-state index in [9.17, 15) is 19.2 Å². The predicted molar refractivity (Wildman–Crippen MR) is 86.4 cm³/mol. The van der Waals surface area contributed by atoms with Gasteiger partial charge in [-0.2, -0.15) is 0 Å². The first-order valence-corrected chi connectivity index (χ1v) is 8.01. The molecule has 0 aromatic heterocycles. The Morgan fingerprint density at radius 1 is 0.960 bits per heavy atom. The van der Waals surface area contributed by atoms with E-state index in [1.165, 1.54) is 19.1 Å². The maximum absolute atomic E-state index is 12.9. The fourth-order valence-corrected chi connectivity index (χ4v) is 3.99. The lowest BCUT2D eigenvalue weighted by molar-refractivity contribution is -0.148. The third-order valence-corrected chi connectivity index (χ3v) is 5.10. The van der Waals surface area contributed by atoms with E-state index in [1.807, 2.05) is 6.08 Å². The van der Waals surface area contributed by atoms with Gasteiger partial charge < -0.3 is 9.64 Å². The fraction of sp³-hybridized carbons (Fsp3) is 0.333. The first kappa shape index (κ1) is 15.6. The second-order valence-electron chi connectivity index (χ2n) is 6.50. The zero-order chi connectivity index (χ0) is 17.9. The highest BCUT2D eigenvalue weighted by Gasteiger charge is 2.61. The average Bonchev–Trinajstić information content (AvgIpc) is 2.85. The smallest absolute Gasteiger partial charge is 0.308 e. The van der Waals surface area contributed by atoms with Gasteiger partial charge in [0, 0.05) is 14.0 Å². The fourth-order valence-electron chi connectivity index (χ4n) is 3.99. The molecule has 3 aliphatic heterocycles. The maximum Gasteiger partial charge on any atom is 0.308 e. The molecule has 5 rings (SSSR count). The van der Waals surface area contributed by atoms with E-state index in [2.05, 4.69) is 0 Å². The number of nitrogens with zero attached hydrogens (tertiary/aromatic N) is 2. The molecule has 2 fully saturated rings. The molecule has 0 spiro atoms. The number of carbonyl (C=O) groups excluding carboxylic acids is 4. The Kier molecular flexibility index (Phi) is 3.28. The van der Waals surface area contributed by atoms with Crippen molar-refractivity contribution >= 4 is 29.4 Å². The Balaban J connectivity index is 1.67. The summed E-state index contributed by atoms with van der Waals surface area (Å²) < 4.78 is 4.96. The topological polar surface area (TPSA) is 84.0 Å². The molecule has 1 aromatic carbocycles. The number of carbonyl (C=O) groups is 4. The largest absolute Gasteiger partial charge is 0.427 e. The molecule has 3 amide bonds. The van der Waals surface area contributed by atoms with Gasteiger partial charge in [0.05, 0.1) is 29.5 Å². The van der Waals surface area contributed by atoms with E-state index >= 15 is 0 Å². The highest BCUT2D eigenvalue weighted by Crippen LogP contribution is 2.46. The maximum atomic E-state index is 12.9. The molecule has 0 N–H and O–H groups in total. The number of esters is 1. The molecule has 2 bridgehead atoms. The van der Waals surface area contributed by atoms with Gasteiger partial charge in [-0.05, 0) is 24.3 Å². The zero-order valence-electron chi connectivity index (χ0n) is 13.7. The van der Waals surface area contributed by atoms with E-state index in [0.29, 0.717) is 11.4 Å². The van der Waals surface area contributed by atoms with E-state index in [1.54, 1.807) is 30.2 Å². The summed E-state index contributed by atoms with van der Waals surface area (Å²) in [6.07, 6.45) is 3.58. The second-order valence-corrected chi connectivity index (χ2v) is 6.50. The highest BCUT2D eigenvalue weighted by molar-refractivity contribution is 6.24. The van der Waals surface area contributed by atoms with Crippen LogP contribution in [0.3, 0.4) is 0 Å². The minimum absolute atomic E-state index is 0.123. The first-order chi connectivity index (χ1) is 11.9. The number of rotatable bonds is 2. The molecule has 1 aromatic rings. The van der Waals surface area contributed by atoms with E-state index in [0.717, 1.165) is 4.90 Å². The van der Waals surface area contributed by atoms with Gasteiger partial charge in [0.1, 0.15) is 5.75 Å². The molecule has 25 heavy (non-hydrogen) atoms. The quantitative estimate of drug-likeness (QED) is 0.343. The molecule has 1 aliphatic carbocycles. The van der Waals surface area contributed by atoms with E-state index < -0.39 is 23.7 Å². The number of imide groups is 1. The van der Waals surface area contributed by atoms with Crippen molar-refractivity contribution in [3.8, 4) is 5.75 Å². The van der Waals surface area contributed by atoms with Gasteiger partial charge in [-0.1, -0.05) is 12.2 Å². The lowest BCUT2D eigenvalue weighted by Crippen LogP contribution is -2.57. The highest BCUT2D eigenvalue weighted by atomic mass is 16.5. The molecule has 7 nitrogen and oxygen atoms in total. The van der Waals surface area contributed by atoms with Crippen LogP contribution < -0.4 is 9.64 Å². The number of hydrogen-bond donors (Lipinski definition) is 0. The molecule has 0 unspecified atom stereocenters. The van der Waals surface area contributed by atoms with Gasteiger partial charge in [0.15, 0.2) is 0 Å². The van der Waals surface area contributed by atoms with Crippen LogP contribution in [0.2, 0.25) is 0 Å². The Morgan fingerprint density at radius 2 is 1.60 bits per heavy atom. The average molecular weight is 340 g/mol. The molecule has 4 aliphatic rings. The van der Waals surface area contributed by atoms with Crippen LogP contribution in [-0.2, 0) is 19.2 Å². The third-order valence-electron chi connectivity index (χ3n) is 5.10. The Labute approximate surface area is 143 Å². The summed E-state index contributed by atoms with van der Waals surface area (Å²) in [5, 5.41) is 0. The van der Waals surface area contributed by atoms with E-state index in [4.69, 9.17) is 4.74 Å².